The molecule has 0 saturated heterocycles. The summed E-state index contributed by atoms with van der Waals surface area (Å²) in [6.07, 6.45) is 0. The fourth-order valence-electron chi connectivity index (χ4n) is 0.595. The second-order valence-corrected chi connectivity index (χ2v) is 1.88. The van der Waals surface area contributed by atoms with E-state index in [-0.39, 0.29) is 5.91 Å². The molecule has 0 spiro atoms. The van der Waals surface area contributed by atoms with Crippen molar-refractivity contribution in [2.75, 3.05) is 13.1 Å². The van der Waals surface area contributed by atoms with Crippen molar-refractivity contribution in [3.05, 3.63) is 0 Å². The summed E-state index contributed by atoms with van der Waals surface area (Å²) in [6.45, 7) is 6.87. The average Bonchev–Trinajstić information content (AvgIpc) is 1.87. The van der Waals surface area contributed by atoms with E-state index in [0.717, 1.165) is 13.1 Å². The molecule has 60 valence electrons. The lowest BCUT2D eigenvalue weighted by molar-refractivity contribution is -0.135. The van der Waals surface area contributed by atoms with Gasteiger partial charge in [-0.1, -0.05) is 13.8 Å². The zero-order valence-electron chi connectivity index (χ0n) is 6.77. The number of hydrogen-bond acceptors (Lipinski definition) is 3. The fraction of sp³-hybridized carbons (Fsp3) is 0.833. The van der Waals surface area contributed by atoms with Crippen LogP contribution in [0.15, 0.2) is 0 Å². The van der Waals surface area contributed by atoms with E-state index in [0.29, 0.717) is 0 Å². The molecular formula is C6H15N3O. The van der Waals surface area contributed by atoms with Crippen molar-refractivity contribution in [1.29, 1.82) is 0 Å². The third-order valence-electron chi connectivity index (χ3n) is 0.947. The lowest BCUT2D eigenvalue weighted by Gasteiger charge is -2.20. The molecule has 0 aliphatic carbocycles. The van der Waals surface area contributed by atoms with Crippen molar-refractivity contribution in [3.8, 4) is 0 Å². The van der Waals surface area contributed by atoms with Gasteiger partial charge < -0.3 is 0 Å². The number of carbonyl (C=O) groups excluding carboxylic acids is 1. The van der Waals surface area contributed by atoms with Gasteiger partial charge in [0.2, 0.25) is 5.91 Å². The number of hydrogen-bond donors (Lipinski definition) is 2. The van der Waals surface area contributed by atoms with E-state index < -0.39 is 0 Å². The van der Waals surface area contributed by atoms with E-state index in [1.807, 2.05) is 13.8 Å². The van der Waals surface area contributed by atoms with Crippen LogP contribution >= 0.6 is 0 Å². The van der Waals surface area contributed by atoms with Crippen LogP contribution in [0.2, 0.25) is 0 Å². The molecule has 0 saturated carbocycles. The first-order valence-electron chi connectivity index (χ1n) is 3.50. The number of nitrogens with one attached hydrogen (secondary N) is 2. The maximum atomic E-state index is 10.7. The predicted octanol–water partition coefficient (Wildman–Crippen LogP) is -0.116. The Hall–Kier alpha value is -0.610. The first-order valence-corrected chi connectivity index (χ1v) is 3.50. The molecule has 0 bridgehead atoms. The molecule has 0 unspecified atom stereocenters. The summed E-state index contributed by atoms with van der Waals surface area (Å²) in [6, 6.07) is 0. The molecule has 4 nitrogen and oxygen atoms in total. The van der Waals surface area contributed by atoms with Crippen molar-refractivity contribution in [1.82, 2.24) is 16.0 Å². The van der Waals surface area contributed by atoms with E-state index in [1.165, 1.54) is 12.0 Å². The van der Waals surface area contributed by atoms with Crippen LogP contribution < -0.4 is 10.9 Å². The zero-order valence-corrected chi connectivity index (χ0v) is 6.77. The smallest absolute Gasteiger partial charge is 0.248 e. The van der Waals surface area contributed by atoms with Crippen molar-refractivity contribution in [2.24, 2.45) is 0 Å². The highest BCUT2D eigenvalue weighted by molar-refractivity contribution is 5.72. The Bertz CT molecular complexity index is 99.2. The van der Waals surface area contributed by atoms with Gasteiger partial charge in [0.05, 0.1) is 0 Å². The highest BCUT2D eigenvalue weighted by Crippen LogP contribution is 1.75. The average molecular weight is 145 g/mol. The molecule has 0 aromatic rings. The minimum absolute atomic E-state index is 0.0244. The maximum Gasteiger partial charge on any atom is 0.248 e. The van der Waals surface area contributed by atoms with E-state index >= 15 is 0 Å². The molecule has 0 heterocycles. The first kappa shape index (κ1) is 9.39. The van der Waals surface area contributed by atoms with E-state index in [4.69, 9.17) is 0 Å². The van der Waals surface area contributed by atoms with Gasteiger partial charge >= 0.3 is 0 Å². The van der Waals surface area contributed by atoms with Gasteiger partial charge in [-0.2, -0.15) is 0 Å². The summed E-state index contributed by atoms with van der Waals surface area (Å²) in [5.74, 6) is -0.0244. The molecule has 0 aromatic carbocycles. The van der Waals surface area contributed by atoms with Gasteiger partial charge in [-0.3, -0.25) is 4.79 Å². The van der Waals surface area contributed by atoms with Crippen LogP contribution in [0.5, 0.6) is 0 Å². The molecule has 10 heavy (non-hydrogen) atoms. The standard InChI is InChI=1S/C6H15N3O/c1-4-7-9(6(3)10)8-5-2/h7-8H,4-5H2,1-3H3. The number of amides is 1. The Labute approximate surface area is 61.5 Å². The highest BCUT2D eigenvalue weighted by atomic mass is 16.2. The molecule has 0 atom stereocenters. The molecule has 1 amide bonds. The van der Waals surface area contributed by atoms with Crippen molar-refractivity contribution in [3.63, 3.8) is 0 Å². The quantitative estimate of drug-likeness (QED) is 0.542. The van der Waals surface area contributed by atoms with Gasteiger partial charge in [0.15, 0.2) is 0 Å². The SMILES string of the molecule is CCNN(NCC)C(C)=O. The Balaban J connectivity index is 3.61. The van der Waals surface area contributed by atoms with Crippen LogP contribution in [-0.2, 0) is 4.79 Å². The van der Waals surface area contributed by atoms with Crippen LogP contribution in [0.25, 0.3) is 0 Å². The lowest BCUT2D eigenvalue weighted by Crippen LogP contribution is -2.50. The van der Waals surface area contributed by atoms with E-state index in [2.05, 4.69) is 10.9 Å². The molecule has 0 aliphatic rings. The topological polar surface area (TPSA) is 44.4 Å². The largest absolute Gasteiger partial charge is 0.272 e. The van der Waals surface area contributed by atoms with Gasteiger partial charge in [0, 0.05) is 20.0 Å². The Morgan fingerprint density at radius 1 is 1.30 bits per heavy atom. The molecule has 0 aliphatic heterocycles. The van der Waals surface area contributed by atoms with Gasteiger partial charge in [0.1, 0.15) is 0 Å². The third kappa shape index (κ3) is 3.42. The summed E-state index contributed by atoms with van der Waals surface area (Å²) in [5, 5.41) is 1.39. The molecular weight excluding hydrogens is 130 g/mol. The second-order valence-electron chi connectivity index (χ2n) is 1.88. The minimum atomic E-state index is -0.0244. The molecule has 2 N–H and O–H groups in total. The number of rotatable bonds is 4. The fourth-order valence-corrected chi connectivity index (χ4v) is 0.595. The summed E-state index contributed by atoms with van der Waals surface area (Å²) < 4.78 is 0. The van der Waals surface area contributed by atoms with Crippen molar-refractivity contribution in [2.45, 2.75) is 20.8 Å². The summed E-state index contributed by atoms with van der Waals surface area (Å²) in [5.41, 5.74) is 5.71. The summed E-state index contributed by atoms with van der Waals surface area (Å²) in [7, 11) is 0. The van der Waals surface area contributed by atoms with Gasteiger partial charge in [-0.15, -0.1) is 0 Å². The molecule has 0 radical (unpaired) electrons. The molecule has 4 heteroatoms. The van der Waals surface area contributed by atoms with Gasteiger partial charge in [0.25, 0.3) is 0 Å². The summed E-state index contributed by atoms with van der Waals surface area (Å²) in [4.78, 5) is 10.7. The van der Waals surface area contributed by atoms with Gasteiger partial charge in [-0.25, -0.2) is 16.0 Å². The third-order valence-corrected chi connectivity index (χ3v) is 0.947. The van der Waals surface area contributed by atoms with Crippen molar-refractivity contribution < 1.29 is 4.79 Å². The normalized spacial score (nSPS) is 9.50. The molecule has 0 rings (SSSR count). The van der Waals surface area contributed by atoms with Crippen LogP contribution in [0.1, 0.15) is 20.8 Å². The molecule has 0 fully saturated rings. The summed E-state index contributed by atoms with van der Waals surface area (Å²) >= 11 is 0. The molecule has 0 aromatic heterocycles. The first-order chi connectivity index (χ1) is 4.72. The van der Waals surface area contributed by atoms with E-state index in [9.17, 15) is 4.79 Å². The van der Waals surface area contributed by atoms with Crippen LogP contribution in [0.4, 0.5) is 0 Å². The Morgan fingerprint density at radius 3 is 1.90 bits per heavy atom. The van der Waals surface area contributed by atoms with Gasteiger partial charge in [-0.05, 0) is 0 Å². The van der Waals surface area contributed by atoms with Crippen molar-refractivity contribution >= 4 is 5.91 Å². The minimum Gasteiger partial charge on any atom is -0.272 e. The number of nitrogens with zero attached hydrogens (tertiary/aromatic N) is 1. The number of hydrazine groups is 2. The second kappa shape index (κ2) is 5.20. The Kier molecular flexibility index (Phi) is 4.88. The zero-order chi connectivity index (χ0) is 7.98. The number of carbonyl (C=O) groups is 1. The van der Waals surface area contributed by atoms with Crippen LogP contribution in [0, 0.1) is 0 Å². The Morgan fingerprint density at radius 2 is 1.70 bits per heavy atom. The van der Waals surface area contributed by atoms with Crippen LogP contribution in [-0.4, -0.2) is 24.1 Å². The highest BCUT2D eigenvalue weighted by Gasteiger charge is 2.02. The lowest BCUT2D eigenvalue weighted by atomic mass is 10.7. The van der Waals surface area contributed by atoms with Crippen LogP contribution in [0.3, 0.4) is 0 Å². The predicted molar refractivity (Wildman–Crippen MR) is 39.9 cm³/mol. The van der Waals surface area contributed by atoms with E-state index in [1.54, 1.807) is 0 Å². The monoisotopic (exact) mass is 145 g/mol. The maximum absolute atomic E-state index is 10.7.